The lowest BCUT2D eigenvalue weighted by Crippen LogP contribution is -2.33. The number of halogens is 10. The highest BCUT2D eigenvalue weighted by Crippen LogP contribution is 2.38. The first-order valence-electron chi connectivity index (χ1n) is 19.2. The van der Waals surface area contributed by atoms with E-state index in [4.69, 9.17) is 46.4 Å². The fraction of sp³-hybridized carbons (Fsp3) is 0.182. The fourth-order valence-corrected chi connectivity index (χ4v) is 6.78. The quantitative estimate of drug-likeness (QED) is 0.0484. The molecule has 0 fully saturated rings. The maximum absolute atomic E-state index is 13.4. The number of rotatable bonds is 14. The van der Waals surface area contributed by atoms with Crippen LogP contribution in [0.3, 0.4) is 0 Å². The summed E-state index contributed by atoms with van der Waals surface area (Å²) in [5.41, 5.74) is -2.22. The van der Waals surface area contributed by atoms with Gasteiger partial charge in [0, 0.05) is 33.9 Å². The molecule has 0 spiro atoms. The van der Waals surface area contributed by atoms with E-state index in [1.807, 2.05) is 0 Å². The number of azo groups is 2. The summed E-state index contributed by atoms with van der Waals surface area (Å²) in [7, 11) is 0. The Balaban J connectivity index is 1.27. The number of hydrogen-bond acceptors (Lipinski definition) is 10. The van der Waals surface area contributed by atoms with E-state index in [0.717, 1.165) is 38.1 Å². The monoisotopic (exact) mass is 1020 g/mol. The smallest absolute Gasteiger partial charge is 0.324 e. The van der Waals surface area contributed by atoms with Crippen molar-refractivity contribution in [3.8, 4) is 0 Å². The number of hydrogen-bond donors (Lipinski definition) is 4. The van der Waals surface area contributed by atoms with E-state index < -0.39 is 80.8 Å². The van der Waals surface area contributed by atoms with Crippen molar-refractivity contribution in [2.75, 3.05) is 21.3 Å². The Kier molecular flexibility index (Phi) is 16.5. The van der Waals surface area contributed by atoms with Gasteiger partial charge in [-0.25, -0.2) is 0 Å². The minimum atomic E-state index is -4.79. The molecule has 0 aliphatic carbocycles. The molecule has 5 aromatic rings. The molecule has 14 nitrogen and oxygen atoms in total. The third-order valence-electron chi connectivity index (χ3n) is 9.35. The molecule has 2 atom stereocenters. The van der Waals surface area contributed by atoms with Crippen LogP contribution in [0.1, 0.15) is 56.8 Å². The molecule has 4 amide bonds. The molecule has 0 aliphatic heterocycles. The largest absolute Gasteiger partial charge is 0.417 e. The van der Waals surface area contributed by atoms with Crippen LogP contribution in [-0.4, -0.2) is 47.3 Å². The number of nitrogens with zero attached hydrogens (tertiary/aromatic N) is 4. The van der Waals surface area contributed by atoms with E-state index >= 15 is 0 Å². The number of amides is 4. The molecule has 0 radical (unpaired) electrons. The topological polar surface area (TPSA) is 200 Å². The number of carbonyl (C=O) groups is 6. The number of carbonyl (C=O) groups excluding carboxylic acids is 6. The lowest BCUT2D eigenvalue weighted by Gasteiger charge is -2.17. The highest BCUT2D eigenvalue weighted by Gasteiger charge is 2.35. The summed E-state index contributed by atoms with van der Waals surface area (Å²) in [6, 6.07) is 12.2. The van der Waals surface area contributed by atoms with Crippen molar-refractivity contribution in [3.05, 3.63) is 138 Å². The Morgan fingerprint density at radius 3 is 1.22 bits per heavy atom. The Hall–Kier alpha value is -6.74. The number of anilines is 4. The van der Waals surface area contributed by atoms with Crippen LogP contribution >= 0.6 is 46.4 Å². The molecule has 5 rings (SSSR count). The van der Waals surface area contributed by atoms with E-state index in [-0.39, 0.29) is 55.3 Å². The van der Waals surface area contributed by atoms with Crippen molar-refractivity contribution in [1.82, 2.24) is 0 Å². The molecule has 24 heteroatoms. The highest BCUT2D eigenvalue weighted by molar-refractivity contribution is 6.34. The number of nitrogens with one attached hydrogen (secondary N) is 4. The van der Waals surface area contributed by atoms with E-state index in [0.29, 0.717) is 23.3 Å². The van der Waals surface area contributed by atoms with Crippen molar-refractivity contribution in [1.29, 1.82) is 0 Å². The molecule has 68 heavy (non-hydrogen) atoms. The minimum Gasteiger partial charge on any atom is -0.324 e. The molecule has 0 saturated carbocycles. The minimum absolute atomic E-state index is 0.0547. The van der Waals surface area contributed by atoms with Gasteiger partial charge in [-0.15, -0.1) is 0 Å². The average molecular weight is 1020 g/mol. The SMILES string of the molecule is CC(=O)C(N=Nc1cc(C(=O)Nc2ccc(Cl)c(C(F)(F)F)c2)ccc1Cl)C(=O)Nc1cc(C)c(NC(=O)C(N=Nc2cc(C(=O)Nc3ccc(Cl)c(C(F)(F)F)c3)ccc2Cl)C(C)=O)c(C)c1. The van der Waals surface area contributed by atoms with Crippen LogP contribution < -0.4 is 21.3 Å². The first-order valence-corrected chi connectivity index (χ1v) is 20.8. The second kappa shape index (κ2) is 21.5. The van der Waals surface area contributed by atoms with Gasteiger partial charge in [-0.3, -0.25) is 28.8 Å². The van der Waals surface area contributed by atoms with E-state index in [1.165, 1.54) is 48.5 Å². The zero-order valence-electron chi connectivity index (χ0n) is 35.3. The Morgan fingerprint density at radius 1 is 0.485 bits per heavy atom. The summed E-state index contributed by atoms with van der Waals surface area (Å²) >= 11 is 23.8. The number of benzene rings is 5. The lowest BCUT2D eigenvalue weighted by molar-refractivity contribution is -0.138. The Labute approximate surface area is 401 Å². The van der Waals surface area contributed by atoms with Gasteiger partial charge < -0.3 is 21.3 Å². The summed E-state index contributed by atoms with van der Waals surface area (Å²) < 4.78 is 80.0. The van der Waals surface area contributed by atoms with Gasteiger partial charge in [-0.2, -0.15) is 46.8 Å². The standard InChI is InChI=1S/C44H32Cl4F6N8O6/c1-19-13-27(57-41(67)37(21(3)63)61-59-34-15-23(5-9-32(34)47)39(65)55-25-7-11-30(45)28(17-25)43(49,50)51)14-20(2)36(19)58-42(68)38(22(4)64)62-60-35-16-24(6-10-33(35)48)40(66)56-26-8-12-31(46)29(18-26)44(52,53)54/h5-18,37-38H,1-4H3,(H,55,65)(H,56,66)(H,57,67)(H,58,68). The first kappa shape index (κ1) is 52.2. The lowest BCUT2D eigenvalue weighted by atomic mass is 10.1. The van der Waals surface area contributed by atoms with Crippen LogP contribution in [-0.2, 0) is 31.5 Å². The Bertz CT molecular complexity index is 2910. The van der Waals surface area contributed by atoms with Crippen molar-refractivity contribution in [2.45, 2.75) is 52.1 Å². The molecule has 0 aromatic heterocycles. The van der Waals surface area contributed by atoms with E-state index in [9.17, 15) is 55.1 Å². The summed E-state index contributed by atoms with van der Waals surface area (Å²) in [6.45, 7) is 5.25. The number of alkyl halides is 6. The van der Waals surface area contributed by atoms with Gasteiger partial charge in [0.15, 0.2) is 11.6 Å². The highest BCUT2D eigenvalue weighted by atomic mass is 35.5. The number of aryl methyl sites for hydroxylation is 2. The molecule has 0 bridgehead atoms. The molecule has 354 valence electrons. The summed E-state index contributed by atoms with van der Waals surface area (Å²) in [6.07, 6.45) is -9.57. The zero-order valence-corrected chi connectivity index (χ0v) is 38.3. The molecule has 4 N–H and O–H groups in total. The number of ketones is 2. The maximum Gasteiger partial charge on any atom is 0.417 e. The summed E-state index contributed by atoms with van der Waals surface area (Å²) in [4.78, 5) is 77.8. The third kappa shape index (κ3) is 13.2. The van der Waals surface area contributed by atoms with Crippen molar-refractivity contribution in [2.24, 2.45) is 20.5 Å². The molecular formula is C44H32Cl4F6N8O6. The van der Waals surface area contributed by atoms with Gasteiger partial charge in [0.25, 0.3) is 23.6 Å². The third-order valence-corrected chi connectivity index (χ3v) is 10.7. The molecule has 0 saturated heterocycles. The predicted molar refractivity (Wildman–Crippen MR) is 243 cm³/mol. The first-order chi connectivity index (χ1) is 31.7. The van der Waals surface area contributed by atoms with E-state index in [2.05, 4.69) is 41.7 Å². The fourth-order valence-electron chi connectivity index (χ4n) is 6.02. The predicted octanol–water partition coefficient (Wildman–Crippen LogP) is 12.8. The second-order valence-corrected chi connectivity index (χ2v) is 16.2. The molecule has 0 aliphatic rings. The summed E-state index contributed by atoms with van der Waals surface area (Å²) in [5, 5.41) is 24.0. The van der Waals surface area contributed by atoms with Gasteiger partial charge in [0.2, 0.25) is 12.1 Å². The van der Waals surface area contributed by atoms with Gasteiger partial charge in [-0.1, -0.05) is 46.4 Å². The maximum atomic E-state index is 13.4. The second-order valence-electron chi connectivity index (χ2n) is 14.5. The Morgan fingerprint density at radius 2 is 0.853 bits per heavy atom. The molecular weight excluding hydrogens is 992 g/mol. The number of Topliss-reactive ketones (excluding diaryl/α,β-unsaturated/α-hetero) is 2. The van der Waals surface area contributed by atoms with Gasteiger partial charge >= 0.3 is 12.4 Å². The normalized spacial score (nSPS) is 12.7. The van der Waals surface area contributed by atoms with Crippen LogP contribution in [0, 0.1) is 13.8 Å². The molecule has 5 aromatic carbocycles. The molecule has 0 heterocycles. The average Bonchev–Trinajstić information content (AvgIpc) is 3.23. The van der Waals surface area contributed by atoms with Gasteiger partial charge in [0.1, 0.15) is 11.4 Å². The van der Waals surface area contributed by atoms with Crippen LogP contribution in [0.15, 0.2) is 105 Å². The van der Waals surface area contributed by atoms with Crippen LogP contribution in [0.25, 0.3) is 0 Å². The zero-order chi connectivity index (χ0) is 50.4. The van der Waals surface area contributed by atoms with Crippen molar-refractivity contribution < 1.29 is 55.1 Å². The van der Waals surface area contributed by atoms with Crippen LogP contribution in [0.2, 0.25) is 20.1 Å². The molecule has 2 unspecified atom stereocenters. The van der Waals surface area contributed by atoms with Crippen molar-refractivity contribution in [3.63, 3.8) is 0 Å². The van der Waals surface area contributed by atoms with Crippen molar-refractivity contribution >= 4 is 116 Å². The summed E-state index contributed by atoms with van der Waals surface area (Å²) in [5.74, 6) is -5.09. The van der Waals surface area contributed by atoms with Crippen LogP contribution in [0.4, 0.5) is 60.5 Å². The van der Waals surface area contributed by atoms with Crippen LogP contribution in [0.5, 0.6) is 0 Å². The van der Waals surface area contributed by atoms with E-state index in [1.54, 1.807) is 13.8 Å². The van der Waals surface area contributed by atoms with Gasteiger partial charge in [-0.05, 0) is 124 Å². The van der Waals surface area contributed by atoms with Gasteiger partial charge in [0.05, 0.1) is 31.2 Å².